The molecule has 0 saturated heterocycles. The van der Waals surface area contributed by atoms with Gasteiger partial charge in [-0.25, -0.2) is 18.3 Å². The number of nitrogens with one attached hydrogen (secondary N) is 1. The highest BCUT2D eigenvalue weighted by atomic mass is 19.1. The monoisotopic (exact) mass is 421 g/mol. The number of nitrogens with zero attached hydrogens (tertiary/aromatic N) is 4. The van der Waals surface area contributed by atoms with Gasteiger partial charge in [-0.15, -0.1) is 5.10 Å². The average molecular weight is 421 g/mol. The van der Waals surface area contributed by atoms with Gasteiger partial charge < -0.3 is 5.32 Å². The van der Waals surface area contributed by atoms with Crippen LogP contribution in [0.15, 0.2) is 54.6 Å². The van der Waals surface area contributed by atoms with Crippen LogP contribution < -0.4 is 5.32 Å². The van der Waals surface area contributed by atoms with Gasteiger partial charge in [0.1, 0.15) is 11.6 Å². The van der Waals surface area contributed by atoms with Gasteiger partial charge in [-0.2, -0.15) is 4.98 Å². The topological polar surface area (TPSA) is 72.2 Å². The van der Waals surface area contributed by atoms with Gasteiger partial charge in [0, 0.05) is 11.4 Å². The molecule has 4 aromatic rings. The number of benzene rings is 2. The Morgan fingerprint density at radius 3 is 2.52 bits per heavy atom. The second kappa shape index (κ2) is 8.59. The van der Waals surface area contributed by atoms with Crippen LogP contribution in [0.2, 0.25) is 0 Å². The summed E-state index contributed by atoms with van der Waals surface area (Å²) < 4.78 is 29.0. The van der Waals surface area contributed by atoms with E-state index < -0.39 is 11.9 Å². The van der Waals surface area contributed by atoms with Crippen molar-refractivity contribution in [2.75, 3.05) is 0 Å². The Kier molecular flexibility index (Phi) is 5.70. The number of hydrogen-bond donors (Lipinski definition) is 1. The number of carbonyl (C=O) groups is 1. The minimum absolute atomic E-state index is 0.0587. The number of halogens is 2. The fraction of sp³-hybridized carbons (Fsp3) is 0.217. The van der Waals surface area contributed by atoms with Crippen molar-refractivity contribution in [2.45, 2.75) is 32.7 Å². The molecule has 0 saturated carbocycles. The van der Waals surface area contributed by atoms with Crippen molar-refractivity contribution in [1.82, 2.24) is 24.9 Å². The molecule has 2 aromatic heterocycles. The van der Waals surface area contributed by atoms with Crippen LogP contribution in [0.5, 0.6) is 0 Å². The molecule has 1 unspecified atom stereocenters. The number of rotatable bonds is 6. The van der Waals surface area contributed by atoms with Crippen LogP contribution in [-0.2, 0) is 17.6 Å². The van der Waals surface area contributed by atoms with Gasteiger partial charge in [-0.3, -0.25) is 4.79 Å². The predicted molar refractivity (Wildman–Crippen MR) is 111 cm³/mol. The van der Waals surface area contributed by atoms with Crippen molar-refractivity contribution in [3.05, 3.63) is 94.6 Å². The maximum Gasteiger partial charge on any atom is 0.252 e. The molecule has 0 fully saturated rings. The first kappa shape index (κ1) is 20.6. The van der Waals surface area contributed by atoms with E-state index in [0.29, 0.717) is 29.1 Å². The van der Waals surface area contributed by atoms with Gasteiger partial charge in [-0.05, 0) is 61.7 Å². The van der Waals surface area contributed by atoms with Gasteiger partial charge in [0.2, 0.25) is 5.91 Å². The van der Waals surface area contributed by atoms with E-state index in [4.69, 9.17) is 0 Å². The lowest BCUT2D eigenvalue weighted by Crippen LogP contribution is -2.31. The number of amides is 1. The van der Waals surface area contributed by atoms with E-state index >= 15 is 0 Å². The van der Waals surface area contributed by atoms with Crippen molar-refractivity contribution < 1.29 is 13.6 Å². The van der Waals surface area contributed by atoms with E-state index in [2.05, 4.69) is 20.4 Å². The standard InChI is InChI=1S/C23H21F2N5O/c1-14-9-15(2)30-23(26-14)28-21(29-30)13-22(31)27-20(17-6-4-8-19(25)12-17)11-16-5-3-7-18(24)10-16/h3-10,12,20H,11,13H2,1-2H3,(H,27,31). The third kappa shape index (κ3) is 4.91. The van der Waals surface area contributed by atoms with Gasteiger partial charge in [0.05, 0.1) is 12.5 Å². The Balaban J connectivity index is 1.56. The molecule has 158 valence electrons. The molecule has 0 spiro atoms. The Bertz CT molecular complexity index is 1250. The number of aryl methyl sites for hydroxylation is 2. The van der Waals surface area contributed by atoms with Crippen molar-refractivity contribution in [3.63, 3.8) is 0 Å². The summed E-state index contributed by atoms with van der Waals surface area (Å²) in [4.78, 5) is 21.4. The summed E-state index contributed by atoms with van der Waals surface area (Å²) in [5.74, 6) is -0.330. The lowest BCUT2D eigenvalue weighted by atomic mass is 9.98. The van der Waals surface area contributed by atoms with E-state index in [0.717, 1.165) is 11.4 Å². The van der Waals surface area contributed by atoms with E-state index in [1.807, 2.05) is 19.9 Å². The summed E-state index contributed by atoms with van der Waals surface area (Å²) in [6, 6.07) is 13.5. The van der Waals surface area contributed by atoms with E-state index in [9.17, 15) is 13.6 Å². The molecule has 1 atom stereocenters. The minimum Gasteiger partial charge on any atom is -0.349 e. The molecule has 0 bridgehead atoms. The SMILES string of the molecule is Cc1cc(C)n2nc(CC(=O)NC(Cc3cccc(F)c3)c3cccc(F)c3)nc2n1. The summed E-state index contributed by atoms with van der Waals surface area (Å²) in [5, 5.41) is 7.27. The molecule has 2 aromatic carbocycles. The third-order valence-corrected chi connectivity index (χ3v) is 4.90. The molecule has 1 amide bonds. The Morgan fingerprint density at radius 1 is 1.03 bits per heavy atom. The number of aromatic nitrogens is 4. The lowest BCUT2D eigenvalue weighted by Gasteiger charge is -2.19. The summed E-state index contributed by atoms with van der Waals surface area (Å²) >= 11 is 0. The fourth-order valence-corrected chi connectivity index (χ4v) is 3.55. The number of carbonyl (C=O) groups excluding carboxylic acids is 1. The quantitative estimate of drug-likeness (QED) is 0.516. The number of fused-ring (bicyclic) bond motifs is 1. The van der Waals surface area contributed by atoms with Crippen LogP contribution in [0.3, 0.4) is 0 Å². The first-order chi connectivity index (χ1) is 14.9. The van der Waals surface area contributed by atoms with Crippen molar-refractivity contribution in [1.29, 1.82) is 0 Å². The molecule has 0 aliphatic rings. The third-order valence-electron chi connectivity index (χ3n) is 4.90. The highest BCUT2D eigenvalue weighted by Crippen LogP contribution is 2.20. The number of hydrogen-bond acceptors (Lipinski definition) is 4. The average Bonchev–Trinajstić information content (AvgIpc) is 3.10. The molecule has 8 heteroatoms. The fourth-order valence-electron chi connectivity index (χ4n) is 3.55. The van der Waals surface area contributed by atoms with Crippen LogP contribution in [0.25, 0.3) is 5.78 Å². The molecular weight excluding hydrogens is 400 g/mol. The maximum absolute atomic E-state index is 13.8. The zero-order valence-corrected chi connectivity index (χ0v) is 17.1. The van der Waals surface area contributed by atoms with Crippen LogP contribution in [0.4, 0.5) is 8.78 Å². The first-order valence-corrected chi connectivity index (χ1v) is 9.86. The smallest absolute Gasteiger partial charge is 0.252 e. The highest BCUT2D eigenvalue weighted by molar-refractivity contribution is 5.78. The van der Waals surface area contributed by atoms with Crippen LogP contribution in [0.1, 0.15) is 34.4 Å². The van der Waals surface area contributed by atoms with Crippen LogP contribution >= 0.6 is 0 Å². The van der Waals surface area contributed by atoms with E-state index in [1.54, 1.807) is 28.8 Å². The second-order valence-electron chi connectivity index (χ2n) is 7.46. The van der Waals surface area contributed by atoms with Crippen molar-refractivity contribution in [3.8, 4) is 0 Å². The lowest BCUT2D eigenvalue weighted by molar-refractivity contribution is -0.121. The maximum atomic E-state index is 13.8. The summed E-state index contributed by atoms with van der Waals surface area (Å²) in [6.45, 7) is 3.75. The zero-order valence-electron chi connectivity index (χ0n) is 17.1. The van der Waals surface area contributed by atoms with Gasteiger partial charge in [0.25, 0.3) is 5.78 Å². The Morgan fingerprint density at radius 2 is 1.77 bits per heavy atom. The van der Waals surface area contributed by atoms with E-state index in [1.165, 1.54) is 24.3 Å². The van der Waals surface area contributed by atoms with Crippen molar-refractivity contribution in [2.24, 2.45) is 0 Å². The molecule has 0 radical (unpaired) electrons. The van der Waals surface area contributed by atoms with Crippen LogP contribution in [0, 0.1) is 25.5 Å². The molecular formula is C23H21F2N5O. The van der Waals surface area contributed by atoms with Crippen molar-refractivity contribution >= 4 is 11.7 Å². The largest absolute Gasteiger partial charge is 0.349 e. The molecule has 31 heavy (non-hydrogen) atoms. The minimum atomic E-state index is -0.538. The van der Waals surface area contributed by atoms with Gasteiger partial charge in [0.15, 0.2) is 5.82 Å². The Labute approximate surface area is 178 Å². The zero-order chi connectivity index (χ0) is 22.0. The summed E-state index contributed by atoms with van der Waals surface area (Å²) in [6.07, 6.45) is 0.252. The molecule has 1 N–H and O–H groups in total. The molecule has 0 aliphatic heterocycles. The Hall–Kier alpha value is -3.68. The first-order valence-electron chi connectivity index (χ1n) is 9.86. The summed E-state index contributed by atoms with van der Waals surface area (Å²) in [5.41, 5.74) is 2.96. The normalized spacial score (nSPS) is 12.1. The van der Waals surface area contributed by atoms with E-state index in [-0.39, 0.29) is 18.1 Å². The molecule has 2 heterocycles. The van der Waals surface area contributed by atoms with Gasteiger partial charge >= 0.3 is 0 Å². The van der Waals surface area contributed by atoms with Crippen LogP contribution in [-0.4, -0.2) is 25.5 Å². The molecule has 4 rings (SSSR count). The molecule has 6 nitrogen and oxygen atoms in total. The second-order valence-corrected chi connectivity index (χ2v) is 7.46. The highest BCUT2D eigenvalue weighted by Gasteiger charge is 2.19. The molecule has 0 aliphatic carbocycles. The predicted octanol–water partition coefficient (Wildman–Crippen LogP) is 3.66. The van der Waals surface area contributed by atoms with Gasteiger partial charge in [-0.1, -0.05) is 24.3 Å². The summed E-state index contributed by atoms with van der Waals surface area (Å²) in [7, 11) is 0.